The number of para-hydroxylation sites is 1. The third-order valence-electron chi connectivity index (χ3n) is 5.59. The monoisotopic (exact) mass is 427 g/mol. The Morgan fingerprint density at radius 1 is 1.10 bits per heavy atom. The number of ether oxygens (including phenoxy) is 1. The van der Waals surface area contributed by atoms with Crippen LogP contribution in [0.15, 0.2) is 47.4 Å². The van der Waals surface area contributed by atoms with E-state index in [9.17, 15) is 13.2 Å². The lowest BCUT2D eigenvalue weighted by Crippen LogP contribution is -2.41. The van der Waals surface area contributed by atoms with Gasteiger partial charge in [-0.15, -0.1) is 0 Å². The SMILES string of the molecule is Cc1[nH]c2c(C(=O)NCc3ccccc3S(=O)(=O)N3CCOCC3)cccc2c1C. The number of hydrogen-bond acceptors (Lipinski definition) is 4. The molecule has 0 aliphatic carbocycles. The minimum atomic E-state index is -3.65. The van der Waals surface area contributed by atoms with Crippen LogP contribution in [0.2, 0.25) is 0 Å². The Kier molecular flexibility index (Phi) is 5.64. The van der Waals surface area contributed by atoms with Gasteiger partial charge in [0.2, 0.25) is 10.0 Å². The molecule has 1 amide bonds. The van der Waals surface area contributed by atoms with Crippen molar-refractivity contribution in [3.05, 3.63) is 64.8 Å². The minimum absolute atomic E-state index is 0.119. The van der Waals surface area contributed by atoms with Gasteiger partial charge in [-0.25, -0.2) is 8.42 Å². The number of rotatable bonds is 5. The lowest BCUT2D eigenvalue weighted by atomic mass is 10.1. The van der Waals surface area contributed by atoms with Crippen molar-refractivity contribution < 1.29 is 17.9 Å². The maximum atomic E-state index is 13.1. The first-order valence-corrected chi connectivity index (χ1v) is 11.4. The number of morpholine rings is 1. The second kappa shape index (κ2) is 8.22. The third kappa shape index (κ3) is 3.74. The topological polar surface area (TPSA) is 91.5 Å². The van der Waals surface area contributed by atoms with E-state index in [-0.39, 0.29) is 17.3 Å². The molecule has 0 spiro atoms. The summed E-state index contributed by atoms with van der Waals surface area (Å²) < 4.78 is 32.9. The molecule has 4 rings (SSSR count). The van der Waals surface area contributed by atoms with Gasteiger partial charge in [-0.1, -0.05) is 30.3 Å². The molecule has 0 atom stereocenters. The van der Waals surface area contributed by atoms with Crippen LogP contribution in [-0.2, 0) is 21.3 Å². The Morgan fingerprint density at radius 2 is 1.83 bits per heavy atom. The Morgan fingerprint density at radius 3 is 2.60 bits per heavy atom. The number of aryl methyl sites for hydroxylation is 2. The Labute approximate surface area is 176 Å². The first-order chi connectivity index (χ1) is 14.4. The van der Waals surface area contributed by atoms with Gasteiger partial charge in [0.05, 0.1) is 29.2 Å². The average Bonchev–Trinajstić information content (AvgIpc) is 3.06. The lowest BCUT2D eigenvalue weighted by Gasteiger charge is -2.27. The Bertz CT molecular complexity index is 1190. The highest BCUT2D eigenvalue weighted by Gasteiger charge is 2.28. The highest BCUT2D eigenvalue weighted by Crippen LogP contribution is 2.25. The molecule has 7 nitrogen and oxygen atoms in total. The van der Waals surface area contributed by atoms with Gasteiger partial charge in [0.15, 0.2) is 0 Å². The number of benzene rings is 2. The van der Waals surface area contributed by atoms with E-state index in [2.05, 4.69) is 10.3 Å². The summed E-state index contributed by atoms with van der Waals surface area (Å²) in [5.74, 6) is -0.250. The van der Waals surface area contributed by atoms with Crippen molar-refractivity contribution in [2.24, 2.45) is 0 Å². The fourth-order valence-corrected chi connectivity index (χ4v) is 5.40. The molecule has 2 heterocycles. The zero-order valence-electron chi connectivity index (χ0n) is 17.1. The van der Waals surface area contributed by atoms with Crippen LogP contribution in [0.5, 0.6) is 0 Å². The molecule has 0 saturated carbocycles. The fourth-order valence-electron chi connectivity index (χ4n) is 3.77. The fraction of sp³-hybridized carbons (Fsp3) is 0.318. The zero-order chi connectivity index (χ0) is 21.3. The van der Waals surface area contributed by atoms with Crippen molar-refractivity contribution >= 4 is 26.8 Å². The van der Waals surface area contributed by atoms with Crippen molar-refractivity contribution in [1.29, 1.82) is 0 Å². The van der Waals surface area contributed by atoms with Crippen molar-refractivity contribution in [2.75, 3.05) is 26.3 Å². The molecule has 1 fully saturated rings. The molecular formula is C22H25N3O4S. The number of hydrogen-bond donors (Lipinski definition) is 2. The van der Waals surface area contributed by atoms with E-state index in [4.69, 9.17) is 4.74 Å². The molecule has 8 heteroatoms. The number of aromatic nitrogens is 1. The van der Waals surface area contributed by atoms with Crippen molar-refractivity contribution in [2.45, 2.75) is 25.3 Å². The van der Waals surface area contributed by atoms with E-state index in [0.29, 0.717) is 37.4 Å². The highest BCUT2D eigenvalue weighted by molar-refractivity contribution is 7.89. The van der Waals surface area contributed by atoms with Crippen molar-refractivity contribution in [3.63, 3.8) is 0 Å². The number of carbonyl (C=O) groups is 1. The largest absolute Gasteiger partial charge is 0.379 e. The van der Waals surface area contributed by atoms with E-state index in [1.54, 1.807) is 30.3 Å². The van der Waals surface area contributed by atoms with Crippen LogP contribution in [0.3, 0.4) is 0 Å². The molecule has 0 radical (unpaired) electrons. The standard InChI is InChI=1S/C22H25N3O4S/c1-15-16(2)24-21-18(15)7-5-8-19(21)22(26)23-14-17-6-3-4-9-20(17)30(27,28)25-10-12-29-13-11-25/h3-9,24H,10-14H2,1-2H3,(H,23,26). The van der Waals surface area contributed by atoms with E-state index in [1.165, 1.54) is 4.31 Å². The van der Waals surface area contributed by atoms with Crippen LogP contribution in [0, 0.1) is 13.8 Å². The second-order valence-corrected chi connectivity index (χ2v) is 9.32. The van der Waals surface area contributed by atoms with Gasteiger partial charge in [0.25, 0.3) is 5.91 Å². The molecule has 0 unspecified atom stereocenters. The molecule has 2 N–H and O–H groups in total. The number of nitrogens with one attached hydrogen (secondary N) is 2. The number of fused-ring (bicyclic) bond motifs is 1. The first kappa shape index (κ1) is 20.6. The molecule has 0 bridgehead atoms. The number of amides is 1. The van der Waals surface area contributed by atoms with Gasteiger partial charge in [-0.2, -0.15) is 4.31 Å². The predicted octanol–water partition coefficient (Wildman–Crippen LogP) is 2.74. The first-order valence-electron chi connectivity index (χ1n) is 9.91. The van der Waals surface area contributed by atoms with Crippen LogP contribution in [-0.4, -0.2) is 49.9 Å². The number of nitrogens with zero attached hydrogens (tertiary/aromatic N) is 1. The van der Waals surface area contributed by atoms with Crippen molar-refractivity contribution in [1.82, 2.24) is 14.6 Å². The predicted molar refractivity (Wildman–Crippen MR) is 115 cm³/mol. The second-order valence-electron chi connectivity index (χ2n) is 7.41. The summed E-state index contributed by atoms with van der Waals surface area (Å²) in [4.78, 5) is 16.4. The molecule has 1 aliphatic heterocycles. The van der Waals surface area contributed by atoms with Gasteiger partial charge in [0.1, 0.15) is 0 Å². The number of carbonyl (C=O) groups excluding carboxylic acids is 1. The average molecular weight is 428 g/mol. The molecule has 1 saturated heterocycles. The molecule has 30 heavy (non-hydrogen) atoms. The van der Waals surface area contributed by atoms with Gasteiger partial charge in [-0.3, -0.25) is 4.79 Å². The van der Waals surface area contributed by atoms with E-state index in [1.807, 2.05) is 26.0 Å². The van der Waals surface area contributed by atoms with Crippen LogP contribution in [0.1, 0.15) is 27.2 Å². The smallest absolute Gasteiger partial charge is 0.253 e. The van der Waals surface area contributed by atoms with Gasteiger partial charge in [0, 0.05) is 30.7 Å². The molecular weight excluding hydrogens is 402 g/mol. The lowest BCUT2D eigenvalue weighted by molar-refractivity contribution is 0.0730. The Hall–Kier alpha value is -2.68. The maximum absolute atomic E-state index is 13.1. The zero-order valence-corrected chi connectivity index (χ0v) is 17.9. The summed E-state index contributed by atoms with van der Waals surface area (Å²) in [5.41, 5.74) is 4.02. The normalized spacial score (nSPS) is 15.4. The number of H-pyrrole nitrogens is 1. The number of aromatic amines is 1. The van der Waals surface area contributed by atoms with E-state index >= 15 is 0 Å². The third-order valence-corrected chi connectivity index (χ3v) is 7.59. The van der Waals surface area contributed by atoms with E-state index in [0.717, 1.165) is 22.2 Å². The summed E-state index contributed by atoms with van der Waals surface area (Å²) in [6, 6.07) is 12.4. The molecule has 2 aromatic carbocycles. The van der Waals surface area contributed by atoms with Crippen molar-refractivity contribution in [3.8, 4) is 0 Å². The molecule has 158 valence electrons. The molecule has 1 aliphatic rings. The van der Waals surface area contributed by atoms with Crippen LogP contribution in [0.4, 0.5) is 0 Å². The minimum Gasteiger partial charge on any atom is -0.379 e. The van der Waals surface area contributed by atoms with E-state index < -0.39 is 10.0 Å². The van der Waals surface area contributed by atoms with Crippen LogP contribution in [0.25, 0.3) is 10.9 Å². The van der Waals surface area contributed by atoms with Gasteiger partial charge in [-0.05, 0) is 37.1 Å². The summed E-state index contributed by atoms with van der Waals surface area (Å²) in [6.45, 7) is 5.54. The molecule has 1 aromatic heterocycles. The summed E-state index contributed by atoms with van der Waals surface area (Å²) >= 11 is 0. The maximum Gasteiger partial charge on any atom is 0.253 e. The van der Waals surface area contributed by atoms with Gasteiger partial charge >= 0.3 is 0 Å². The van der Waals surface area contributed by atoms with Crippen LogP contribution >= 0.6 is 0 Å². The Balaban J connectivity index is 1.58. The molecule has 3 aromatic rings. The quantitative estimate of drug-likeness (QED) is 0.655. The number of sulfonamides is 1. The highest BCUT2D eigenvalue weighted by atomic mass is 32.2. The summed E-state index contributed by atoms with van der Waals surface area (Å²) in [5, 5.41) is 3.89. The summed E-state index contributed by atoms with van der Waals surface area (Å²) in [6.07, 6.45) is 0. The summed E-state index contributed by atoms with van der Waals surface area (Å²) in [7, 11) is -3.65. The van der Waals surface area contributed by atoms with Gasteiger partial charge < -0.3 is 15.0 Å². The van der Waals surface area contributed by atoms with Crippen LogP contribution < -0.4 is 5.32 Å².